The van der Waals surface area contributed by atoms with Gasteiger partial charge in [0.2, 0.25) is 5.88 Å². The number of carbonyl (C=O) groups excluding carboxylic acids is 1. The molecule has 0 atom stereocenters. The van der Waals surface area contributed by atoms with Crippen LogP contribution in [0.5, 0.6) is 5.88 Å². The average Bonchev–Trinajstić information content (AvgIpc) is 3.33. The number of nitrogens with two attached hydrogens (primary N) is 1. The van der Waals surface area contributed by atoms with Gasteiger partial charge in [-0.1, -0.05) is 0 Å². The summed E-state index contributed by atoms with van der Waals surface area (Å²) in [7, 11) is 0. The summed E-state index contributed by atoms with van der Waals surface area (Å²) in [6, 6.07) is 2.19. The molecule has 6 heteroatoms. The lowest BCUT2D eigenvalue weighted by Crippen LogP contribution is -2.39. The quantitative estimate of drug-likeness (QED) is 0.891. The van der Waals surface area contributed by atoms with E-state index in [1.54, 1.807) is 12.3 Å². The minimum Gasteiger partial charge on any atom is -0.473 e. The first-order valence-electron chi connectivity index (χ1n) is 7.14. The molecule has 0 spiro atoms. The molecule has 1 aliphatic heterocycles. The van der Waals surface area contributed by atoms with Crippen LogP contribution in [0.4, 0.5) is 4.39 Å². The number of aromatic nitrogens is 1. The molecular formula is C15H18FN3O2. The first-order chi connectivity index (χ1) is 10.2. The van der Waals surface area contributed by atoms with Crippen LogP contribution in [0.1, 0.15) is 28.8 Å². The van der Waals surface area contributed by atoms with Gasteiger partial charge in [-0.3, -0.25) is 4.79 Å². The summed E-state index contributed by atoms with van der Waals surface area (Å²) in [6.07, 6.45) is 5.03. The number of amides is 1. The largest absolute Gasteiger partial charge is 0.473 e. The highest BCUT2D eigenvalue weighted by atomic mass is 19.1. The van der Waals surface area contributed by atoms with E-state index in [4.69, 9.17) is 10.5 Å². The van der Waals surface area contributed by atoms with Crippen LogP contribution in [0.3, 0.4) is 0 Å². The highest BCUT2D eigenvalue weighted by Crippen LogP contribution is 2.32. The van der Waals surface area contributed by atoms with Gasteiger partial charge in [0.25, 0.3) is 5.91 Å². The van der Waals surface area contributed by atoms with E-state index in [1.165, 1.54) is 0 Å². The van der Waals surface area contributed by atoms with Gasteiger partial charge in [-0.05, 0) is 24.8 Å². The average molecular weight is 291 g/mol. The summed E-state index contributed by atoms with van der Waals surface area (Å²) in [4.78, 5) is 18.4. The maximum absolute atomic E-state index is 12.4. The van der Waals surface area contributed by atoms with Crippen molar-refractivity contribution >= 4 is 5.91 Å². The van der Waals surface area contributed by atoms with Gasteiger partial charge in [0.15, 0.2) is 0 Å². The van der Waals surface area contributed by atoms with Gasteiger partial charge in [0.1, 0.15) is 6.61 Å². The molecule has 1 aromatic rings. The molecule has 5 nitrogen and oxygen atoms in total. The number of fused-ring (bicyclic) bond motifs is 1. The maximum atomic E-state index is 12.4. The van der Waals surface area contributed by atoms with Crippen molar-refractivity contribution in [3.63, 3.8) is 0 Å². The fourth-order valence-corrected chi connectivity index (χ4v) is 2.49. The molecule has 1 aliphatic carbocycles. The van der Waals surface area contributed by atoms with E-state index in [0.717, 1.165) is 31.4 Å². The number of nitrogens with zero attached hydrogens (tertiary/aromatic N) is 2. The Kier molecular flexibility index (Phi) is 3.88. The normalized spacial score (nSPS) is 18.7. The van der Waals surface area contributed by atoms with Crippen molar-refractivity contribution in [2.24, 2.45) is 5.73 Å². The molecule has 0 bridgehead atoms. The van der Waals surface area contributed by atoms with Crippen molar-refractivity contribution in [2.75, 3.05) is 19.7 Å². The summed E-state index contributed by atoms with van der Waals surface area (Å²) in [5.74, 6) is 0.457. The molecule has 1 amide bonds. The Labute approximate surface area is 122 Å². The molecule has 3 rings (SSSR count). The number of hydrogen-bond donors (Lipinski definition) is 1. The van der Waals surface area contributed by atoms with Gasteiger partial charge in [-0.15, -0.1) is 0 Å². The predicted molar refractivity (Wildman–Crippen MR) is 75.7 cm³/mol. The number of rotatable bonds is 5. The second kappa shape index (κ2) is 5.81. The van der Waals surface area contributed by atoms with Crippen LogP contribution >= 0.6 is 0 Å². The molecule has 1 aromatic heterocycles. The van der Waals surface area contributed by atoms with Gasteiger partial charge in [0.05, 0.1) is 11.9 Å². The van der Waals surface area contributed by atoms with Crippen LogP contribution < -0.4 is 10.5 Å². The van der Waals surface area contributed by atoms with E-state index in [-0.39, 0.29) is 19.1 Å². The molecule has 1 fully saturated rings. The van der Waals surface area contributed by atoms with Crippen molar-refractivity contribution in [1.29, 1.82) is 0 Å². The molecule has 0 saturated heterocycles. The molecule has 2 N–H and O–H groups in total. The molecule has 21 heavy (non-hydrogen) atoms. The van der Waals surface area contributed by atoms with E-state index in [0.29, 0.717) is 29.4 Å². The lowest BCUT2D eigenvalue weighted by atomic mass is 10.0. The Bertz CT molecular complexity index is 584. The fourth-order valence-electron chi connectivity index (χ4n) is 2.49. The van der Waals surface area contributed by atoms with Gasteiger partial charge >= 0.3 is 0 Å². The minimum atomic E-state index is 0.0594. The van der Waals surface area contributed by atoms with Crippen molar-refractivity contribution in [2.45, 2.75) is 25.3 Å². The molecule has 0 aromatic carbocycles. The zero-order chi connectivity index (χ0) is 14.8. The molecule has 1 saturated carbocycles. The number of hydrogen-bond acceptors (Lipinski definition) is 4. The Balaban J connectivity index is 1.72. The Morgan fingerprint density at radius 2 is 2.38 bits per heavy atom. The maximum Gasteiger partial charge on any atom is 0.255 e. The Hall–Kier alpha value is -1.95. The Morgan fingerprint density at radius 3 is 3.05 bits per heavy atom. The summed E-state index contributed by atoms with van der Waals surface area (Å²) in [5, 5.41) is 0. The van der Waals surface area contributed by atoms with E-state index in [1.807, 2.05) is 4.90 Å². The van der Waals surface area contributed by atoms with Crippen molar-refractivity contribution in [3.8, 4) is 5.88 Å². The van der Waals surface area contributed by atoms with Gasteiger partial charge in [-0.2, -0.15) is 0 Å². The molecule has 2 aliphatic rings. The highest BCUT2D eigenvalue weighted by Gasteiger charge is 2.36. The van der Waals surface area contributed by atoms with E-state index in [2.05, 4.69) is 4.98 Å². The number of pyridine rings is 1. The van der Waals surface area contributed by atoms with Crippen molar-refractivity contribution in [3.05, 3.63) is 35.3 Å². The first-order valence-corrected chi connectivity index (χ1v) is 7.14. The number of carbonyl (C=O) groups is 1. The topological polar surface area (TPSA) is 68.5 Å². The summed E-state index contributed by atoms with van der Waals surface area (Å²) in [6.45, 7) is 0.926. The SMILES string of the molecule is NC/C(=C/F)COc1cc2c(cn1)C(=O)N(C1CC1)CC2. The second-order valence-electron chi connectivity index (χ2n) is 5.42. The van der Waals surface area contributed by atoms with Crippen LogP contribution in [-0.2, 0) is 6.42 Å². The van der Waals surface area contributed by atoms with Crippen LogP contribution in [0, 0.1) is 0 Å². The second-order valence-corrected chi connectivity index (χ2v) is 5.42. The van der Waals surface area contributed by atoms with Crippen LogP contribution in [-0.4, -0.2) is 41.5 Å². The number of ether oxygens (including phenoxy) is 1. The molecular weight excluding hydrogens is 273 g/mol. The van der Waals surface area contributed by atoms with Crippen molar-refractivity contribution in [1.82, 2.24) is 9.88 Å². The van der Waals surface area contributed by atoms with Crippen LogP contribution in [0.15, 0.2) is 24.2 Å². The van der Waals surface area contributed by atoms with E-state index in [9.17, 15) is 9.18 Å². The standard InChI is InChI=1S/C15H18FN3O2/c16-6-10(7-17)9-21-14-5-11-3-4-19(12-1-2-12)15(20)13(11)8-18-14/h5-6,8,12H,1-4,7,9,17H2/b10-6-. The first kappa shape index (κ1) is 14.0. The third-order valence-electron chi connectivity index (χ3n) is 3.89. The van der Waals surface area contributed by atoms with Gasteiger partial charge < -0.3 is 15.4 Å². The van der Waals surface area contributed by atoms with Gasteiger partial charge in [0, 0.05) is 37.0 Å². The summed E-state index contributed by atoms with van der Waals surface area (Å²) >= 11 is 0. The monoisotopic (exact) mass is 291 g/mol. The zero-order valence-electron chi connectivity index (χ0n) is 11.7. The molecule has 0 unspecified atom stereocenters. The predicted octanol–water partition coefficient (Wildman–Crippen LogP) is 1.43. The summed E-state index contributed by atoms with van der Waals surface area (Å²) < 4.78 is 17.8. The molecule has 0 radical (unpaired) electrons. The smallest absolute Gasteiger partial charge is 0.255 e. The third-order valence-corrected chi connectivity index (χ3v) is 3.89. The minimum absolute atomic E-state index is 0.0594. The van der Waals surface area contributed by atoms with Crippen LogP contribution in [0.25, 0.3) is 0 Å². The zero-order valence-corrected chi connectivity index (χ0v) is 11.7. The van der Waals surface area contributed by atoms with E-state index >= 15 is 0 Å². The number of halogens is 1. The lowest BCUT2D eigenvalue weighted by Gasteiger charge is -2.28. The Morgan fingerprint density at radius 1 is 1.57 bits per heavy atom. The summed E-state index contributed by atoms with van der Waals surface area (Å²) in [5.41, 5.74) is 7.33. The van der Waals surface area contributed by atoms with Gasteiger partial charge in [-0.25, -0.2) is 9.37 Å². The third kappa shape index (κ3) is 2.90. The fraction of sp³-hybridized carbons (Fsp3) is 0.467. The highest BCUT2D eigenvalue weighted by molar-refractivity contribution is 5.96. The lowest BCUT2D eigenvalue weighted by molar-refractivity contribution is 0.0726. The van der Waals surface area contributed by atoms with Crippen molar-refractivity contribution < 1.29 is 13.9 Å². The van der Waals surface area contributed by atoms with Crippen LogP contribution in [0.2, 0.25) is 0 Å². The molecule has 2 heterocycles. The molecule has 112 valence electrons. The van der Waals surface area contributed by atoms with E-state index < -0.39 is 0 Å².